The van der Waals surface area contributed by atoms with Gasteiger partial charge in [0.25, 0.3) is 5.91 Å². The van der Waals surface area contributed by atoms with Gasteiger partial charge < -0.3 is 5.32 Å². The molecular formula is C13H14BrN3O. The van der Waals surface area contributed by atoms with Crippen LogP contribution in [-0.2, 0) is 7.05 Å². The van der Waals surface area contributed by atoms with Gasteiger partial charge in [-0.3, -0.25) is 9.48 Å². The van der Waals surface area contributed by atoms with E-state index in [-0.39, 0.29) is 10.7 Å². The number of para-hydroxylation sites is 1. The van der Waals surface area contributed by atoms with E-state index in [1.807, 2.05) is 31.2 Å². The average molecular weight is 308 g/mol. The van der Waals surface area contributed by atoms with Gasteiger partial charge >= 0.3 is 0 Å². The zero-order valence-electron chi connectivity index (χ0n) is 10.2. The zero-order valence-corrected chi connectivity index (χ0v) is 11.8. The lowest BCUT2D eigenvalue weighted by Crippen LogP contribution is -2.14. The van der Waals surface area contributed by atoms with E-state index in [4.69, 9.17) is 0 Å². The van der Waals surface area contributed by atoms with Crippen LogP contribution in [0, 0.1) is 0 Å². The molecule has 2 aromatic rings. The van der Waals surface area contributed by atoms with Crippen LogP contribution < -0.4 is 5.32 Å². The Morgan fingerprint density at radius 3 is 2.72 bits per heavy atom. The molecule has 5 heteroatoms. The Morgan fingerprint density at radius 1 is 1.39 bits per heavy atom. The summed E-state index contributed by atoms with van der Waals surface area (Å²) in [4.78, 5) is 12.2. The minimum atomic E-state index is -0.198. The fraction of sp³-hybridized carbons (Fsp3) is 0.231. The Morgan fingerprint density at radius 2 is 2.11 bits per heavy atom. The van der Waals surface area contributed by atoms with Crippen LogP contribution in [0.2, 0.25) is 0 Å². The fourth-order valence-electron chi connectivity index (χ4n) is 1.68. The highest BCUT2D eigenvalue weighted by Crippen LogP contribution is 2.28. The van der Waals surface area contributed by atoms with Crippen LogP contribution in [0.1, 0.15) is 27.8 Å². The molecule has 1 amide bonds. The molecule has 0 saturated heterocycles. The number of carbonyl (C=O) groups is 1. The summed E-state index contributed by atoms with van der Waals surface area (Å²) in [5, 5.41) is 6.95. The number of benzene rings is 1. The molecule has 4 nitrogen and oxygen atoms in total. The molecule has 94 valence electrons. The third-order valence-electron chi connectivity index (χ3n) is 2.58. The van der Waals surface area contributed by atoms with Crippen LogP contribution in [0.3, 0.4) is 0 Å². The van der Waals surface area contributed by atoms with Gasteiger partial charge in [0.05, 0.1) is 0 Å². The van der Waals surface area contributed by atoms with Crippen LogP contribution in [0.5, 0.6) is 0 Å². The lowest BCUT2D eigenvalue weighted by molar-refractivity contribution is 0.102. The van der Waals surface area contributed by atoms with E-state index in [9.17, 15) is 4.79 Å². The molecule has 1 heterocycles. The number of nitrogens with one attached hydrogen (secondary N) is 1. The highest BCUT2D eigenvalue weighted by molar-refractivity contribution is 9.09. The van der Waals surface area contributed by atoms with Crippen molar-refractivity contribution in [2.45, 2.75) is 11.8 Å². The van der Waals surface area contributed by atoms with E-state index in [2.05, 4.69) is 26.3 Å². The average Bonchev–Trinajstić information content (AvgIpc) is 2.76. The molecule has 0 radical (unpaired) electrons. The van der Waals surface area contributed by atoms with Crippen LogP contribution in [0.25, 0.3) is 0 Å². The van der Waals surface area contributed by atoms with Crippen molar-refractivity contribution in [3.63, 3.8) is 0 Å². The predicted octanol–water partition coefficient (Wildman–Crippen LogP) is 3.13. The zero-order chi connectivity index (χ0) is 13.1. The molecule has 18 heavy (non-hydrogen) atoms. The Labute approximate surface area is 114 Å². The Bertz CT molecular complexity index is 563. The van der Waals surface area contributed by atoms with Gasteiger partial charge in [0.2, 0.25) is 0 Å². The maximum absolute atomic E-state index is 12.0. The molecular weight excluding hydrogens is 294 g/mol. The Hall–Kier alpha value is -1.62. The summed E-state index contributed by atoms with van der Waals surface area (Å²) < 4.78 is 1.61. The molecule has 1 atom stereocenters. The maximum atomic E-state index is 12.0. The van der Waals surface area contributed by atoms with Crippen molar-refractivity contribution >= 4 is 27.5 Å². The maximum Gasteiger partial charge on any atom is 0.276 e. The topological polar surface area (TPSA) is 46.9 Å². The molecule has 0 aliphatic rings. The largest absolute Gasteiger partial charge is 0.320 e. The number of aromatic nitrogens is 2. The lowest BCUT2D eigenvalue weighted by atomic mass is 10.1. The van der Waals surface area contributed by atoms with Crippen molar-refractivity contribution in [2.75, 3.05) is 5.32 Å². The number of anilines is 1. The molecule has 0 bridgehead atoms. The summed E-state index contributed by atoms with van der Waals surface area (Å²) in [7, 11) is 1.78. The standard InChI is InChI=1S/C13H14BrN3O/c1-9(14)10-5-3-4-6-11(10)15-13(18)12-7-8-17(2)16-12/h3-9H,1-2H3,(H,15,18). The number of rotatable bonds is 3. The predicted molar refractivity (Wildman–Crippen MR) is 74.9 cm³/mol. The van der Waals surface area contributed by atoms with Crippen molar-refractivity contribution in [3.05, 3.63) is 47.8 Å². The van der Waals surface area contributed by atoms with Crippen LogP contribution in [-0.4, -0.2) is 15.7 Å². The van der Waals surface area contributed by atoms with Crippen molar-refractivity contribution in [2.24, 2.45) is 7.05 Å². The number of amides is 1. The lowest BCUT2D eigenvalue weighted by Gasteiger charge is -2.11. The SMILES string of the molecule is CC(Br)c1ccccc1NC(=O)c1ccn(C)n1. The van der Waals surface area contributed by atoms with E-state index in [1.54, 1.807) is 24.0 Å². The third kappa shape index (κ3) is 2.79. The monoisotopic (exact) mass is 307 g/mol. The highest BCUT2D eigenvalue weighted by Gasteiger charge is 2.12. The fourth-order valence-corrected chi connectivity index (χ4v) is 2.08. The number of hydrogen-bond donors (Lipinski definition) is 1. The van der Waals surface area contributed by atoms with Crippen LogP contribution in [0.4, 0.5) is 5.69 Å². The minimum Gasteiger partial charge on any atom is -0.320 e. The van der Waals surface area contributed by atoms with E-state index in [0.717, 1.165) is 11.3 Å². The number of carbonyl (C=O) groups excluding carboxylic acids is 1. The first-order valence-electron chi connectivity index (χ1n) is 5.62. The van der Waals surface area contributed by atoms with Gasteiger partial charge in [-0.05, 0) is 24.6 Å². The Balaban J connectivity index is 2.22. The summed E-state index contributed by atoms with van der Waals surface area (Å²) in [5.74, 6) is -0.198. The summed E-state index contributed by atoms with van der Waals surface area (Å²) in [6.45, 7) is 2.02. The quantitative estimate of drug-likeness (QED) is 0.886. The van der Waals surface area contributed by atoms with Gasteiger partial charge in [-0.25, -0.2) is 0 Å². The molecule has 0 aliphatic carbocycles. The molecule has 2 rings (SSSR count). The van der Waals surface area contributed by atoms with Crippen molar-refractivity contribution in [3.8, 4) is 0 Å². The number of alkyl halides is 1. The molecule has 1 aromatic carbocycles. The summed E-state index contributed by atoms with van der Waals surface area (Å²) in [6, 6.07) is 9.40. The van der Waals surface area contributed by atoms with Crippen molar-refractivity contribution in [1.82, 2.24) is 9.78 Å². The van der Waals surface area contributed by atoms with E-state index in [1.165, 1.54) is 0 Å². The van der Waals surface area contributed by atoms with Gasteiger partial charge in [-0.2, -0.15) is 5.10 Å². The van der Waals surface area contributed by atoms with Gasteiger partial charge in [0.1, 0.15) is 0 Å². The van der Waals surface area contributed by atoms with E-state index >= 15 is 0 Å². The van der Waals surface area contributed by atoms with Gasteiger partial charge in [-0.15, -0.1) is 0 Å². The third-order valence-corrected chi connectivity index (χ3v) is 3.08. The summed E-state index contributed by atoms with van der Waals surface area (Å²) >= 11 is 3.51. The second kappa shape index (κ2) is 5.35. The molecule has 0 aliphatic heterocycles. The normalized spacial score (nSPS) is 12.2. The smallest absolute Gasteiger partial charge is 0.276 e. The highest BCUT2D eigenvalue weighted by atomic mass is 79.9. The van der Waals surface area contributed by atoms with E-state index < -0.39 is 0 Å². The first-order valence-corrected chi connectivity index (χ1v) is 6.53. The van der Waals surface area contributed by atoms with Gasteiger partial charge in [0, 0.05) is 23.8 Å². The summed E-state index contributed by atoms with van der Waals surface area (Å²) in [5.41, 5.74) is 2.26. The van der Waals surface area contributed by atoms with Gasteiger partial charge in [-0.1, -0.05) is 34.1 Å². The number of aryl methyl sites for hydroxylation is 1. The molecule has 0 saturated carbocycles. The number of hydrogen-bond acceptors (Lipinski definition) is 2. The van der Waals surface area contributed by atoms with E-state index in [0.29, 0.717) is 5.69 Å². The first-order chi connectivity index (χ1) is 8.58. The Kier molecular flexibility index (Phi) is 3.81. The summed E-state index contributed by atoms with van der Waals surface area (Å²) in [6.07, 6.45) is 1.74. The van der Waals surface area contributed by atoms with Crippen molar-refractivity contribution < 1.29 is 4.79 Å². The van der Waals surface area contributed by atoms with Gasteiger partial charge in [0.15, 0.2) is 5.69 Å². The minimum absolute atomic E-state index is 0.178. The molecule has 1 N–H and O–H groups in total. The number of halogens is 1. The number of nitrogens with zero attached hydrogens (tertiary/aromatic N) is 2. The molecule has 0 fully saturated rings. The molecule has 1 unspecified atom stereocenters. The van der Waals surface area contributed by atoms with Crippen LogP contribution >= 0.6 is 15.9 Å². The molecule has 0 spiro atoms. The second-order valence-electron chi connectivity index (χ2n) is 4.03. The first kappa shape index (κ1) is 12.8. The molecule has 1 aromatic heterocycles. The van der Waals surface area contributed by atoms with Crippen molar-refractivity contribution in [1.29, 1.82) is 0 Å². The second-order valence-corrected chi connectivity index (χ2v) is 5.41. The van der Waals surface area contributed by atoms with Crippen LogP contribution in [0.15, 0.2) is 36.5 Å².